The van der Waals surface area contributed by atoms with Crippen LogP contribution >= 0.6 is 11.6 Å². The number of nitrogens with two attached hydrogens (primary N) is 1. The van der Waals surface area contributed by atoms with E-state index in [4.69, 9.17) is 31.5 Å². The molecule has 0 radical (unpaired) electrons. The van der Waals surface area contributed by atoms with Gasteiger partial charge in [0.15, 0.2) is 0 Å². The van der Waals surface area contributed by atoms with Crippen LogP contribution in [0.2, 0.25) is 5.02 Å². The Hall–Kier alpha value is -2.52. The molecule has 1 fully saturated rings. The van der Waals surface area contributed by atoms with Gasteiger partial charge >= 0.3 is 18.0 Å². The second-order valence-corrected chi connectivity index (χ2v) is 10.7. The molecule has 0 bridgehead atoms. The van der Waals surface area contributed by atoms with Crippen LogP contribution in [0.25, 0.3) is 0 Å². The van der Waals surface area contributed by atoms with Crippen LogP contribution in [0.3, 0.4) is 0 Å². The van der Waals surface area contributed by atoms with Gasteiger partial charge in [0.05, 0.1) is 23.4 Å². The van der Waals surface area contributed by atoms with Gasteiger partial charge in [-0.3, -0.25) is 4.90 Å². The van der Waals surface area contributed by atoms with Crippen molar-refractivity contribution in [3.05, 3.63) is 27.8 Å². The second-order valence-electron chi connectivity index (χ2n) is 10.3. The average molecular weight is 498 g/mol. The summed E-state index contributed by atoms with van der Waals surface area (Å²) in [5.74, 6) is -1.34. The monoisotopic (exact) mass is 497 g/mol. The quantitative estimate of drug-likeness (QED) is 0.341. The summed E-state index contributed by atoms with van der Waals surface area (Å²) >= 11 is 6.55. The Morgan fingerprint density at radius 2 is 1.74 bits per heavy atom. The number of halogens is 1. The second kappa shape index (κ2) is 10.8. The molecule has 1 aromatic rings. The zero-order valence-electron chi connectivity index (χ0n) is 21.0. The number of carbonyl (C=O) groups excluding carboxylic acids is 3. The number of nitrogen functional groups attached to an aromatic ring is 1. The lowest BCUT2D eigenvalue weighted by atomic mass is 9.99. The summed E-state index contributed by atoms with van der Waals surface area (Å²) in [6, 6.07) is 1.31. The Morgan fingerprint density at radius 3 is 2.29 bits per heavy atom. The number of amides is 1. The summed E-state index contributed by atoms with van der Waals surface area (Å²) in [5.41, 5.74) is 5.41. The van der Waals surface area contributed by atoms with Crippen LogP contribution in [0.15, 0.2) is 6.07 Å². The number of esters is 2. The van der Waals surface area contributed by atoms with E-state index in [0.29, 0.717) is 25.1 Å². The van der Waals surface area contributed by atoms with Crippen molar-refractivity contribution in [2.45, 2.75) is 78.7 Å². The molecule has 0 spiro atoms. The average Bonchev–Trinajstić information content (AvgIpc) is 3.08. The summed E-state index contributed by atoms with van der Waals surface area (Å²) in [6.07, 6.45) is 0.226. The van der Waals surface area contributed by atoms with Crippen LogP contribution in [-0.4, -0.2) is 59.9 Å². The lowest BCUT2D eigenvalue weighted by molar-refractivity contribution is 0.00686. The van der Waals surface area contributed by atoms with E-state index in [0.717, 1.165) is 0 Å². The van der Waals surface area contributed by atoms with Crippen molar-refractivity contribution < 1.29 is 28.6 Å². The van der Waals surface area contributed by atoms with Crippen molar-refractivity contribution in [2.24, 2.45) is 0 Å². The highest BCUT2D eigenvalue weighted by atomic mass is 35.5. The largest absolute Gasteiger partial charge is 0.462 e. The molecule has 0 saturated carbocycles. The van der Waals surface area contributed by atoms with Gasteiger partial charge in [-0.05, 0) is 61.0 Å². The molecule has 9 nitrogen and oxygen atoms in total. The minimum atomic E-state index is -0.775. The minimum Gasteiger partial charge on any atom is -0.462 e. The van der Waals surface area contributed by atoms with Crippen LogP contribution in [0.4, 0.5) is 10.5 Å². The van der Waals surface area contributed by atoms with E-state index >= 15 is 0 Å². The Morgan fingerprint density at radius 1 is 1.12 bits per heavy atom. The summed E-state index contributed by atoms with van der Waals surface area (Å²) < 4.78 is 16.0. The van der Waals surface area contributed by atoms with E-state index in [2.05, 4.69) is 5.32 Å². The number of anilines is 1. The fourth-order valence-electron chi connectivity index (χ4n) is 3.59. The van der Waals surface area contributed by atoms with Crippen LogP contribution < -0.4 is 11.1 Å². The molecule has 3 N–H and O–H groups in total. The predicted molar refractivity (Wildman–Crippen MR) is 130 cm³/mol. The third-order valence-corrected chi connectivity index (χ3v) is 5.23. The zero-order valence-corrected chi connectivity index (χ0v) is 21.8. The van der Waals surface area contributed by atoms with Crippen LogP contribution in [0.5, 0.6) is 0 Å². The maximum Gasteiger partial charge on any atom is 0.407 e. The van der Waals surface area contributed by atoms with Crippen molar-refractivity contribution in [1.82, 2.24) is 10.2 Å². The third-order valence-electron chi connectivity index (χ3n) is 4.89. The third kappa shape index (κ3) is 7.77. The maximum atomic E-state index is 13.1. The Bertz CT molecular complexity index is 936. The summed E-state index contributed by atoms with van der Waals surface area (Å²) in [6.45, 7) is 13.9. The van der Waals surface area contributed by atoms with Crippen molar-refractivity contribution >= 4 is 35.3 Å². The maximum absolute atomic E-state index is 13.1. The molecule has 0 unspecified atom stereocenters. The molecule has 0 aromatic heterocycles. The minimum absolute atomic E-state index is 0.0161. The summed E-state index contributed by atoms with van der Waals surface area (Å²) in [7, 11) is 0. The summed E-state index contributed by atoms with van der Waals surface area (Å²) in [5, 5.41) is 3.08. The van der Waals surface area contributed by atoms with Crippen molar-refractivity contribution in [3.8, 4) is 0 Å². The first-order valence-electron chi connectivity index (χ1n) is 11.3. The Labute approximate surface area is 206 Å². The molecule has 1 aromatic carbocycles. The first-order chi connectivity index (χ1) is 15.6. The van der Waals surface area contributed by atoms with Crippen molar-refractivity contribution in [2.75, 3.05) is 25.4 Å². The van der Waals surface area contributed by atoms with E-state index in [-0.39, 0.29) is 41.0 Å². The van der Waals surface area contributed by atoms with Gasteiger partial charge in [-0.2, -0.15) is 0 Å². The number of nitrogens with zero attached hydrogens (tertiary/aromatic N) is 1. The molecule has 2 rings (SSSR count). The number of carbonyl (C=O) groups is 3. The molecule has 1 aliphatic heterocycles. The van der Waals surface area contributed by atoms with Crippen LogP contribution in [0, 0.1) is 0 Å². The van der Waals surface area contributed by atoms with E-state index in [1.807, 2.05) is 4.90 Å². The van der Waals surface area contributed by atoms with Gasteiger partial charge in [-0.1, -0.05) is 11.6 Å². The Balaban J connectivity index is 2.30. The molecule has 1 saturated heterocycles. The SMILES string of the molecule is CCOC(=O)c1cc(Cl)c(CN2CC[C@@H](NC(=O)OC(C)(C)C)C2)c(C(=O)OC(C)(C)C)c1N. The molecule has 1 aliphatic rings. The van der Waals surface area contributed by atoms with Gasteiger partial charge in [0.2, 0.25) is 0 Å². The number of ether oxygens (including phenoxy) is 3. The fourth-order valence-corrected chi connectivity index (χ4v) is 3.86. The van der Waals surface area contributed by atoms with Gasteiger partial charge in [0.25, 0.3) is 0 Å². The van der Waals surface area contributed by atoms with E-state index in [1.165, 1.54) is 6.07 Å². The number of hydrogen-bond donors (Lipinski definition) is 2. The molecule has 1 amide bonds. The molecular weight excluding hydrogens is 462 g/mol. The number of hydrogen-bond acceptors (Lipinski definition) is 8. The number of nitrogens with one attached hydrogen (secondary N) is 1. The highest BCUT2D eigenvalue weighted by molar-refractivity contribution is 6.32. The summed E-state index contributed by atoms with van der Waals surface area (Å²) in [4.78, 5) is 39.7. The van der Waals surface area contributed by atoms with Crippen LogP contribution in [-0.2, 0) is 20.8 Å². The lowest BCUT2D eigenvalue weighted by Gasteiger charge is -2.25. The van der Waals surface area contributed by atoms with E-state index < -0.39 is 29.2 Å². The standard InChI is InChI=1S/C24H36ClN3O6/c1-8-32-20(29)15-11-17(25)16(18(19(15)26)21(30)33-23(2,3)4)13-28-10-9-14(12-28)27-22(31)34-24(5,6)7/h11,14H,8-10,12-13,26H2,1-7H3,(H,27,31)/t14-/m1/s1. The highest BCUT2D eigenvalue weighted by Crippen LogP contribution is 2.33. The van der Waals surface area contributed by atoms with Gasteiger partial charge in [-0.25, -0.2) is 14.4 Å². The van der Waals surface area contributed by atoms with E-state index in [9.17, 15) is 14.4 Å². The Kier molecular flexibility index (Phi) is 8.82. The number of alkyl carbamates (subject to hydrolysis) is 1. The zero-order chi connectivity index (χ0) is 25.8. The number of benzene rings is 1. The highest BCUT2D eigenvalue weighted by Gasteiger charge is 2.31. The first kappa shape index (κ1) is 27.7. The van der Waals surface area contributed by atoms with Crippen molar-refractivity contribution in [1.29, 1.82) is 0 Å². The predicted octanol–water partition coefficient (Wildman–Crippen LogP) is 4.15. The normalized spacial score (nSPS) is 16.8. The van der Waals surface area contributed by atoms with Gasteiger partial charge in [-0.15, -0.1) is 0 Å². The van der Waals surface area contributed by atoms with Gasteiger partial charge in [0.1, 0.15) is 11.2 Å². The van der Waals surface area contributed by atoms with E-state index in [1.54, 1.807) is 48.5 Å². The molecule has 34 heavy (non-hydrogen) atoms. The fraction of sp³-hybridized carbons (Fsp3) is 0.625. The molecule has 1 heterocycles. The van der Waals surface area contributed by atoms with Gasteiger partial charge in [0, 0.05) is 36.3 Å². The number of rotatable bonds is 6. The molecule has 1 atom stereocenters. The smallest absolute Gasteiger partial charge is 0.407 e. The first-order valence-corrected chi connectivity index (χ1v) is 11.7. The van der Waals surface area contributed by atoms with Crippen LogP contribution in [0.1, 0.15) is 81.2 Å². The number of likely N-dealkylation sites (tertiary alicyclic amines) is 1. The van der Waals surface area contributed by atoms with Crippen molar-refractivity contribution in [3.63, 3.8) is 0 Å². The molecule has 10 heteroatoms. The molecule has 190 valence electrons. The molecular formula is C24H36ClN3O6. The van der Waals surface area contributed by atoms with Gasteiger partial charge < -0.3 is 25.3 Å². The lowest BCUT2D eigenvalue weighted by Crippen LogP contribution is -2.40. The topological polar surface area (TPSA) is 120 Å². The molecule has 0 aliphatic carbocycles.